The number of nitrogens with zero attached hydrogens (tertiary/aromatic N) is 3. The molecule has 2 saturated heterocycles. The minimum absolute atomic E-state index is 0.0441. The van der Waals surface area contributed by atoms with E-state index in [0.717, 1.165) is 31.5 Å². The first kappa shape index (κ1) is 19.1. The molecule has 0 radical (unpaired) electrons. The van der Waals surface area contributed by atoms with E-state index in [1.165, 1.54) is 4.31 Å². The average Bonchev–Trinajstić information content (AvgIpc) is 3.29. The first-order valence-corrected chi connectivity index (χ1v) is 11.4. The molecule has 1 amide bonds. The number of imidazole rings is 1. The number of piperidine rings is 2. The largest absolute Gasteiger partial charge is 0.347 e. The lowest BCUT2D eigenvalue weighted by atomic mass is 9.94. The highest BCUT2D eigenvalue weighted by Gasteiger charge is 2.38. The average molecular weight is 403 g/mol. The van der Waals surface area contributed by atoms with Crippen LogP contribution >= 0.6 is 0 Å². The van der Waals surface area contributed by atoms with E-state index in [0.29, 0.717) is 19.5 Å². The van der Waals surface area contributed by atoms with Gasteiger partial charge in [0.05, 0.1) is 16.9 Å². The van der Waals surface area contributed by atoms with E-state index in [4.69, 9.17) is 0 Å². The van der Waals surface area contributed by atoms with Crippen LogP contribution in [0.4, 0.5) is 0 Å². The number of nitrogens with one attached hydrogen (secondary N) is 1. The third kappa shape index (κ3) is 3.71. The lowest BCUT2D eigenvalue weighted by molar-refractivity contribution is -0.140. The second-order valence-corrected chi connectivity index (χ2v) is 9.47. The van der Waals surface area contributed by atoms with E-state index in [-0.39, 0.29) is 29.3 Å². The van der Waals surface area contributed by atoms with Gasteiger partial charge in [-0.25, -0.2) is 13.4 Å². The Kier molecular flexibility index (Phi) is 5.50. The lowest BCUT2D eigenvalue weighted by Crippen LogP contribution is -2.48. The minimum Gasteiger partial charge on any atom is -0.347 e. The predicted octanol–water partition coefficient (Wildman–Crippen LogP) is 2.56. The fourth-order valence-electron chi connectivity index (χ4n) is 4.28. The van der Waals surface area contributed by atoms with Crippen LogP contribution in [0.2, 0.25) is 0 Å². The van der Waals surface area contributed by atoms with Crippen LogP contribution < -0.4 is 0 Å². The second kappa shape index (κ2) is 8.05. The molecule has 0 bridgehead atoms. The van der Waals surface area contributed by atoms with Gasteiger partial charge < -0.3 is 9.88 Å². The Morgan fingerprint density at radius 1 is 1.07 bits per heavy atom. The van der Waals surface area contributed by atoms with Crippen LogP contribution in [-0.2, 0) is 14.8 Å². The van der Waals surface area contributed by atoms with Crippen LogP contribution in [0.3, 0.4) is 0 Å². The highest BCUT2D eigenvalue weighted by atomic mass is 32.2. The molecule has 0 saturated carbocycles. The molecule has 1 N–H and O–H groups in total. The van der Waals surface area contributed by atoms with Gasteiger partial charge in [-0.05, 0) is 44.2 Å². The standard InChI is InChI=1S/C20H26N4O3S/c25-20(24-14-5-4-10-18(24)19-21-11-12-22-19)16-7-6-13-23(15-16)28(26,27)17-8-2-1-3-9-17/h1-3,8-9,11-12,16,18H,4-7,10,13-15H2,(H,21,22)/t16-,18-/m1/s1. The van der Waals surface area contributed by atoms with Crippen LogP contribution in [0.25, 0.3) is 0 Å². The molecule has 2 atom stereocenters. The molecule has 0 unspecified atom stereocenters. The van der Waals surface area contributed by atoms with Crippen molar-refractivity contribution in [2.45, 2.75) is 43.0 Å². The zero-order valence-corrected chi connectivity index (χ0v) is 16.6. The molecule has 0 aliphatic carbocycles. The number of carbonyl (C=O) groups excluding carboxylic acids is 1. The maximum absolute atomic E-state index is 13.3. The number of aromatic nitrogens is 2. The Bertz CT molecular complexity index is 899. The van der Waals surface area contributed by atoms with Crippen molar-refractivity contribution in [1.29, 1.82) is 0 Å². The van der Waals surface area contributed by atoms with Crippen LogP contribution in [0.15, 0.2) is 47.6 Å². The number of hydrogen-bond acceptors (Lipinski definition) is 4. The molecule has 150 valence electrons. The van der Waals surface area contributed by atoms with E-state index < -0.39 is 10.0 Å². The van der Waals surface area contributed by atoms with Crippen LogP contribution in [0.5, 0.6) is 0 Å². The number of hydrogen-bond donors (Lipinski definition) is 1. The van der Waals surface area contributed by atoms with Gasteiger partial charge in [0.2, 0.25) is 15.9 Å². The maximum Gasteiger partial charge on any atom is 0.243 e. The summed E-state index contributed by atoms with van der Waals surface area (Å²) in [6, 6.07) is 8.42. The first-order chi connectivity index (χ1) is 13.6. The van der Waals surface area contributed by atoms with Crippen molar-refractivity contribution in [2.24, 2.45) is 5.92 Å². The molecular formula is C20H26N4O3S. The second-order valence-electron chi connectivity index (χ2n) is 7.53. The van der Waals surface area contributed by atoms with Crippen LogP contribution in [0.1, 0.15) is 44.0 Å². The number of H-pyrrole nitrogens is 1. The molecule has 4 rings (SSSR count). The summed E-state index contributed by atoms with van der Waals surface area (Å²) in [5, 5.41) is 0. The van der Waals surface area contributed by atoms with Gasteiger partial charge in [0.1, 0.15) is 5.82 Å². The fraction of sp³-hybridized carbons (Fsp3) is 0.500. The molecule has 2 aromatic rings. The number of amides is 1. The van der Waals surface area contributed by atoms with Gasteiger partial charge in [0.15, 0.2) is 0 Å². The smallest absolute Gasteiger partial charge is 0.243 e. The van der Waals surface area contributed by atoms with Crippen molar-refractivity contribution in [2.75, 3.05) is 19.6 Å². The number of aromatic amines is 1. The number of sulfonamides is 1. The van der Waals surface area contributed by atoms with Gasteiger partial charge >= 0.3 is 0 Å². The number of rotatable bonds is 4. The van der Waals surface area contributed by atoms with Crippen molar-refractivity contribution >= 4 is 15.9 Å². The molecule has 1 aromatic carbocycles. The molecule has 7 nitrogen and oxygen atoms in total. The van der Waals surface area contributed by atoms with Crippen molar-refractivity contribution in [1.82, 2.24) is 19.2 Å². The SMILES string of the molecule is O=C([C@@H]1CCCN(S(=O)(=O)c2ccccc2)C1)N1CCCC[C@@H]1c1ncc[nH]1. The molecule has 2 aliphatic heterocycles. The van der Waals surface area contributed by atoms with E-state index in [1.807, 2.05) is 4.90 Å². The summed E-state index contributed by atoms with van der Waals surface area (Å²) in [6.07, 6.45) is 7.83. The Labute approximate surface area is 165 Å². The van der Waals surface area contributed by atoms with Crippen molar-refractivity contribution in [3.05, 3.63) is 48.5 Å². The zero-order valence-electron chi connectivity index (χ0n) is 15.8. The summed E-state index contributed by atoms with van der Waals surface area (Å²) < 4.78 is 27.4. The summed E-state index contributed by atoms with van der Waals surface area (Å²) in [5.41, 5.74) is 0. The van der Waals surface area contributed by atoms with Gasteiger partial charge in [-0.3, -0.25) is 4.79 Å². The topological polar surface area (TPSA) is 86.4 Å². The summed E-state index contributed by atoms with van der Waals surface area (Å²) in [7, 11) is -3.57. The number of benzene rings is 1. The number of carbonyl (C=O) groups is 1. The van der Waals surface area contributed by atoms with Crippen molar-refractivity contribution in [3.8, 4) is 0 Å². The molecule has 0 spiro atoms. The molecule has 1 aromatic heterocycles. The molecular weight excluding hydrogens is 376 g/mol. The van der Waals surface area contributed by atoms with Crippen LogP contribution in [0, 0.1) is 5.92 Å². The Morgan fingerprint density at radius 3 is 2.64 bits per heavy atom. The van der Waals surface area contributed by atoms with E-state index >= 15 is 0 Å². The third-order valence-corrected chi connectivity index (χ3v) is 7.61. The fourth-order valence-corrected chi connectivity index (χ4v) is 5.82. The molecule has 28 heavy (non-hydrogen) atoms. The summed E-state index contributed by atoms with van der Waals surface area (Å²) in [4.78, 5) is 23.0. The summed E-state index contributed by atoms with van der Waals surface area (Å²) in [5.74, 6) is 0.564. The molecule has 8 heteroatoms. The third-order valence-electron chi connectivity index (χ3n) is 5.74. The van der Waals surface area contributed by atoms with Crippen molar-refractivity contribution < 1.29 is 13.2 Å². The van der Waals surface area contributed by atoms with Gasteiger partial charge in [0.25, 0.3) is 0 Å². The van der Waals surface area contributed by atoms with E-state index in [2.05, 4.69) is 9.97 Å². The van der Waals surface area contributed by atoms with E-state index in [1.54, 1.807) is 42.7 Å². The molecule has 2 fully saturated rings. The highest BCUT2D eigenvalue weighted by molar-refractivity contribution is 7.89. The van der Waals surface area contributed by atoms with Gasteiger partial charge in [-0.2, -0.15) is 4.31 Å². The summed E-state index contributed by atoms with van der Waals surface area (Å²) >= 11 is 0. The van der Waals surface area contributed by atoms with Gasteiger partial charge in [-0.15, -0.1) is 0 Å². The zero-order chi connectivity index (χ0) is 19.6. The number of likely N-dealkylation sites (tertiary alicyclic amines) is 1. The first-order valence-electron chi connectivity index (χ1n) is 9.92. The Hall–Kier alpha value is -2.19. The maximum atomic E-state index is 13.3. The molecule has 3 heterocycles. The monoisotopic (exact) mass is 402 g/mol. The van der Waals surface area contributed by atoms with E-state index in [9.17, 15) is 13.2 Å². The predicted molar refractivity (Wildman–Crippen MR) is 105 cm³/mol. The highest BCUT2D eigenvalue weighted by Crippen LogP contribution is 2.32. The summed E-state index contributed by atoms with van der Waals surface area (Å²) in [6.45, 7) is 1.41. The lowest BCUT2D eigenvalue weighted by Gasteiger charge is -2.39. The normalized spacial score (nSPS) is 24.2. The van der Waals surface area contributed by atoms with Crippen molar-refractivity contribution in [3.63, 3.8) is 0 Å². The van der Waals surface area contributed by atoms with Gasteiger partial charge in [-0.1, -0.05) is 18.2 Å². The van der Waals surface area contributed by atoms with Crippen LogP contribution in [-0.4, -0.2) is 53.1 Å². The Balaban J connectivity index is 1.52. The quantitative estimate of drug-likeness (QED) is 0.852. The minimum atomic E-state index is -3.57. The van der Waals surface area contributed by atoms with Gasteiger partial charge in [0, 0.05) is 32.0 Å². The molecule has 2 aliphatic rings. The Morgan fingerprint density at radius 2 is 1.89 bits per heavy atom.